The smallest absolute Gasteiger partial charge is 0.407 e. The van der Waals surface area contributed by atoms with Crippen LogP contribution in [-0.4, -0.2) is 34.6 Å². The molecule has 1 aromatic rings. The number of ether oxygens (including phenoxy) is 1. The van der Waals surface area contributed by atoms with Gasteiger partial charge in [0.15, 0.2) is 0 Å². The highest BCUT2D eigenvalue weighted by molar-refractivity contribution is 7.10. The Bertz CT molecular complexity index is 516. The number of hydrogen-bond donors (Lipinski definition) is 3. The van der Waals surface area contributed by atoms with Gasteiger partial charge in [0.05, 0.1) is 6.10 Å². The van der Waals surface area contributed by atoms with E-state index in [1.54, 1.807) is 32.2 Å². The average molecular weight is 312 g/mol. The lowest BCUT2D eigenvalue weighted by molar-refractivity contribution is 0.0125. The SMILES string of the molecule is CC(C)(C)OC(=O)NCCC(O)C(O)c1csc(C#N)c1. The van der Waals surface area contributed by atoms with Crippen molar-refractivity contribution in [2.45, 2.75) is 45.0 Å². The molecule has 3 N–H and O–H groups in total. The number of nitrogens with one attached hydrogen (secondary N) is 1. The van der Waals surface area contributed by atoms with Crippen LogP contribution in [0.15, 0.2) is 11.4 Å². The van der Waals surface area contributed by atoms with E-state index in [4.69, 9.17) is 10.00 Å². The van der Waals surface area contributed by atoms with Crippen molar-refractivity contribution < 1.29 is 19.7 Å². The van der Waals surface area contributed by atoms with Crippen LogP contribution in [0.5, 0.6) is 0 Å². The van der Waals surface area contributed by atoms with Crippen LogP contribution in [0, 0.1) is 11.3 Å². The van der Waals surface area contributed by atoms with Crippen molar-refractivity contribution in [1.29, 1.82) is 5.26 Å². The Kier molecular flexibility index (Phi) is 6.15. The second kappa shape index (κ2) is 7.41. The Labute approximate surface area is 128 Å². The molecule has 0 spiro atoms. The van der Waals surface area contributed by atoms with E-state index < -0.39 is 23.9 Å². The molecule has 0 radical (unpaired) electrons. The molecule has 1 heterocycles. The summed E-state index contributed by atoms with van der Waals surface area (Å²) >= 11 is 1.21. The lowest BCUT2D eigenvalue weighted by Gasteiger charge is -2.21. The lowest BCUT2D eigenvalue weighted by atomic mass is 10.0. The van der Waals surface area contributed by atoms with Gasteiger partial charge in [0, 0.05) is 6.54 Å². The molecule has 1 rings (SSSR count). The summed E-state index contributed by atoms with van der Waals surface area (Å²) < 4.78 is 5.05. The van der Waals surface area contributed by atoms with Crippen LogP contribution in [-0.2, 0) is 4.74 Å². The number of rotatable bonds is 5. The topological polar surface area (TPSA) is 103 Å². The summed E-state index contributed by atoms with van der Waals surface area (Å²) in [6.45, 7) is 5.46. The fourth-order valence-electron chi connectivity index (χ4n) is 1.58. The summed E-state index contributed by atoms with van der Waals surface area (Å²) in [5.41, 5.74) is -0.0756. The maximum atomic E-state index is 11.4. The van der Waals surface area contributed by atoms with E-state index in [-0.39, 0.29) is 13.0 Å². The summed E-state index contributed by atoms with van der Waals surface area (Å²) in [6, 6.07) is 3.51. The molecule has 0 aliphatic rings. The van der Waals surface area contributed by atoms with Gasteiger partial charge >= 0.3 is 6.09 Å². The predicted molar refractivity (Wildman–Crippen MR) is 78.9 cm³/mol. The van der Waals surface area contributed by atoms with Crippen LogP contribution in [0.2, 0.25) is 0 Å². The van der Waals surface area contributed by atoms with Gasteiger partial charge in [-0.25, -0.2) is 4.79 Å². The molecule has 21 heavy (non-hydrogen) atoms. The first-order valence-corrected chi connectivity index (χ1v) is 7.42. The van der Waals surface area contributed by atoms with Gasteiger partial charge in [0.1, 0.15) is 22.7 Å². The summed E-state index contributed by atoms with van der Waals surface area (Å²) in [5, 5.41) is 32.7. The predicted octanol–water partition coefficient (Wildman–Crippen LogP) is 1.93. The Morgan fingerprint density at radius 3 is 2.71 bits per heavy atom. The molecular weight excluding hydrogens is 292 g/mol. The van der Waals surface area contributed by atoms with Crippen molar-refractivity contribution in [2.24, 2.45) is 0 Å². The minimum Gasteiger partial charge on any atom is -0.444 e. The van der Waals surface area contributed by atoms with Crippen molar-refractivity contribution >= 4 is 17.4 Å². The number of alkyl carbamates (subject to hydrolysis) is 1. The highest BCUT2D eigenvalue weighted by atomic mass is 32.1. The summed E-state index contributed by atoms with van der Waals surface area (Å²) in [4.78, 5) is 11.9. The monoisotopic (exact) mass is 312 g/mol. The van der Waals surface area contributed by atoms with Crippen molar-refractivity contribution in [3.8, 4) is 6.07 Å². The normalized spacial score (nSPS) is 14.1. The van der Waals surface area contributed by atoms with Gasteiger partial charge in [-0.1, -0.05) is 0 Å². The fraction of sp³-hybridized carbons (Fsp3) is 0.571. The minimum atomic E-state index is -1.08. The molecule has 0 fully saturated rings. The van der Waals surface area contributed by atoms with Gasteiger partial charge in [-0.15, -0.1) is 11.3 Å². The zero-order valence-corrected chi connectivity index (χ0v) is 13.1. The number of nitrogens with zero attached hydrogens (tertiary/aromatic N) is 1. The van der Waals surface area contributed by atoms with Gasteiger partial charge in [-0.3, -0.25) is 0 Å². The maximum Gasteiger partial charge on any atom is 0.407 e. The van der Waals surface area contributed by atoms with E-state index in [1.165, 1.54) is 11.3 Å². The summed E-state index contributed by atoms with van der Waals surface area (Å²) in [7, 11) is 0. The molecule has 1 aromatic heterocycles. The second-order valence-electron chi connectivity index (χ2n) is 5.59. The van der Waals surface area contributed by atoms with Gasteiger partial charge in [0.25, 0.3) is 0 Å². The quantitative estimate of drug-likeness (QED) is 0.771. The maximum absolute atomic E-state index is 11.4. The molecule has 116 valence electrons. The third kappa shape index (κ3) is 6.12. The zero-order chi connectivity index (χ0) is 16.0. The van der Waals surface area contributed by atoms with Crippen LogP contribution in [0.25, 0.3) is 0 Å². The van der Waals surface area contributed by atoms with E-state index in [0.29, 0.717) is 10.4 Å². The van der Waals surface area contributed by atoms with E-state index in [9.17, 15) is 15.0 Å². The first kappa shape index (κ1) is 17.4. The molecular formula is C14H20N2O4S. The molecule has 2 atom stereocenters. The number of thiophene rings is 1. The minimum absolute atomic E-state index is 0.179. The Morgan fingerprint density at radius 2 is 2.19 bits per heavy atom. The standard InChI is InChI=1S/C14H20N2O4S/c1-14(2,3)20-13(19)16-5-4-11(17)12(18)9-6-10(7-15)21-8-9/h6,8,11-12,17-18H,4-5H2,1-3H3,(H,16,19). The van der Waals surface area contributed by atoms with Gasteiger partial charge in [-0.2, -0.15) is 5.26 Å². The molecule has 2 unspecified atom stereocenters. The largest absolute Gasteiger partial charge is 0.444 e. The molecule has 0 bridgehead atoms. The molecule has 7 heteroatoms. The molecule has 1 amide bonds. The highest BCUT2D eigenvalue weighted by Gasteiger charge is 2.21. The molecule has 0 aliphatic heterocycles. The average Bonchev–Trinajstić information content (AvgIpc) is 2.84. The number of carbonyl (C=O) groups is 1. The lowest BCUT2D eigenvalue weighted by Crippen LogP contribution is -2.34. The number of nitriles is 1. The van der Waals surface area contributed by atoms with Crippen molar-refractivity contribution in [3.05, 3.63) is 21.9 Å². The first-order chi connectivity index (χ1) is 9.73. The van der Waals surface area contributed by atoms with Crippen LogP contribution >= 0.6 is 11.3 Å². The third-order valence-electron chi connectivity index (χ3n) is 2.54. The number of amides is 1. The van der Waals surface area contributed by atoms with E-state index in [1.807, 2.05) is 6.07 Å². The Hall–Kier alpha value is -1.62. The van der Waals surface area contributed by atoms with Gasteiger partial charge in [0.2, 0.25) is 0 Å². The second-order valence-corrected chi connectivity index (χ2v) is 6.50. The van der Waals surface area contributed by atoms with Gasteiger partial charge in [-0.05, 0) is 44.2 Å². The van der Waals surface area contributed by atoms with Crippen LogP contribution < -0.4 is 5.32 Å². The third-order valence-corrected chi connectivity index (χ3v) is 3.40. The van der Waals surface area contributed by atoms with E-state index in [2.05, 4.69) is 5.32 Å². The van der Waals surface area contributed by atoms with Crippen molar-refractivity contribution in [1.82, 2.24) is 5.32 Å². The van der Waals surface area contributed by atoms with E-state index in [0.717, 1.165) is 0 Å². The molecule has 6 nitrogen and oxygen atoms in total. The van der Waals surface area contributed by atoms with Crippen LogP contribution in [0.4, 0.5) is 4.79 Å². The first-order valence-electron chi connectivity index (χ1n) is 6.54. The highest BCUT2D eigenvalue weighted by Crippen LogP contribution is 2.24. The number of aliphatic hydroxyl groups is 2. The van der Waals surface area contributed by atoms with Crippen LogP contribution in [0.3, 0.4) is 0 Å². The summed E-state index contributed by atoms with van der Waals surface area (Å²) in [5.74, 6) is 0. The fourth-order valence-corrected chi connectivity index (χ4v) is 2.31. The molecule has 0 aliphatic carbocycles. The van der Waals surface area contributed by atoms with E-state index >= 15 is 0 Å². The van der Waals surface area contributed by atoms with Crippen LogP contribution in [0.1, 0.15) is 43.7 Å². The Balaban J connectivity index is 2.38. The molecule has 0 aromatic carbocycles. The summed E-state index contributed by atoms with van der Waals surface area (Å²) in [6.07, 6.45) is -2.49. The van der Waals surface area contributed by atoms with Crippen molar-refractivity contribution in [2.75, 3.05) is 6.54 Å². The molecule has 0 saturated carbocycles. The zero-order valence-electron chi connectivity index (χ0n) is 12.3. The van der Waals surface area contributed by atoms with Gasteiger partial charge < -0.3 is 20.3 Å². The number of hydrogen-bond acceptors (Lipinski definition) is 6. The number of carbonyl (C=O) groups excluding carboxylic acids is 1. The van der Waals surface area contributed by atoms with Crippen molar-refractivity contribution in [3.63, 3.8) is 0 Å². The Morgan fingerprint density at radius 1 is 1.52 bits per heavy atom. The molecule has 0 saturated heterocycles. The number of aliphatic hydroxyl groups excluding tert-OH is 2.